The summed E-state index contributed by atoms with van der Waals surface area (Å²) >= 11 is 0. The molecule has 1 N–H and O–H groups in total. The van der Waals surface area contributed by atoms with Gasteiger partial charge < -0.3 is 5.32 Å². The van der Waals surface area contributed by atoms with E-state index in [4.69, 9.17) is 0 Å². The lowest BCUT2D eigenvalue weighted by Gasteiger charge is -2.39. The van der Waals surface area contributed by atoms with Crippen LogP contribution >= 0.6 is 0 Å². The third-order valence-corrected chi connectivity index (χ3v) is 4.67. The number of piperidine rings is 1. The molecule has 0 atom stereocenters. The first-order valence-corrected chi connectivity index (χ1v) is 7.00. The summed E-state index contributed by atoms with van der Waals surface area (Å²) < 4.78 is 0. The van der Waals surface area contributed by atoms with E-state index in [1.807, 2.05) is 0 Å². The second kappa shape index (κ2) is 5.41. The van der Waals surface area contributed by atoms with Crippen molar-refractivity contribution in [3.05, 3.63) is 34.9 Å². The van der Waals surface area contributed by atoms with Crippen LogP contribution in [0, 0.1) is 13.8 Å². The predicted molar refractivity (Wildman–Crippen MR) is 77.9 cm³/mol. The van der Waals surface area contributed by atoms with Gasteiger partial charge in [0.2, 0.25) is 0 Å². The molecule has 0 radical (unpaired) electrons. The van der Waals surface area contributed by atoms with Crippen molar-refractivity contribution in [1.29, 1.82) is 0 Å². The third kappa shape index (κ3) is 2.93. The standard InChI is InChI=1S/C16H26N2/c1-13-6-5-7-15(14(13)2)12-18-10-8-16(3,17-4)9-11-18/h5-7,17H,8-12H2,1-4H3. The predicted octanol–water partition coefficient (Wildman–Crippen LogP) is 2.88. The normalized spacial score (nSPS) is 20.0. The van der Waals surface area contributed by atoms with Gasteiger partial charge >= 0.3 is 0 Å². The number of nitrogens with zero attached hydrogens (tertiary/aromatic N) is 1. The van der Waals surface area contributed by atoms with Crippen molar-refractivity contribution in [2.24, 2.45) is 0 Å². The molecule has 1 aromatic carbocycles. The average Bonchev–Trinajstić information content (AvgIpc) is 2.38. The van der Waals surface area contributed by atoms with Gasteiger partial charge in [0, 0.05) is 25.2 Å². The highest BCUT2D eigenvalue weighted by molar-refractivity contribution is 5.33. The summed E-state index contributed by atoms with van der Waals surface area (Å²) in [6, 6.07) is 6.65. The number of hydrogen-bond donors (Lipinski definition) is 1. The van der Waals surface area contributed by atoms with Crippen LogP contribution in [0.4, 0.5) is 0 Å². The Labute approximate surface area is 111 Å². The van der Waals surface area contributed by atoms with Gasteiger partial charge in [-0.1, -0.05) is 18.2 Å². The fourth-order valence-electron chi connectivity index (χ4n) is 2.68. The molecule has 1 aliphatic rings. The lowest BCUT2D eigenvalue weighted by atomic mass is 9.89. The zero-order chi connectivity index (χ0) is 13.2. The molecule has 1 heterocycles. The number of benzene rings is 1. The molecule has 2 nitrogen and oxygen atoms in total. The summed E-state index contributed by atoms with van der Waals surface area (Å²) in [5.41, 5.74) is 4.70. The minimum absolute atomic E-state index is 0.345. The molecule has 1 aliphatic heterocycles. The van der Waals surface area contributed by atoms with Gasteiger partial charge in [0.05, 0.1) is 0 Å². The van der Waals surface area contributed by atoms with E-state index in [1.54, 1.807) is 0 Å². The second-order valence-electron chi connectivity index (χ2n) is 5.95. The van der Waals surface area contributed by atoms with E-state index in [1.165, 1.54) is 42.6 Å². The first-order chi connectivity index (χ1) is 8.54. The van der Waals surface area contributed by atoms with Gasteiger partial charge in [-0.3, -0.25) is 4.90 Å². The summed E-state index contributed by atoms with van der Waals surface area (Å²) in [7, 11) is 2.08. The van der Waals surface area contributed by atoms with Crippen LogP contribution in [0.1, 0.15) is 36.5 Å². The zero-order valence-corrected chi connectivity index (χ0v) is 12.2. The van der Waals surface area contributed by atoms with Crippen molar-refractivity contribution in [2.45, 2.75) is 45.7 Å². The molecule has 0 amide bonds. The fraction of sp³-hybridized carbons (Fsp3) is 0.625. The van der Waals surface area contributed by atoms with E-state index in [-0.39, 0.29) is 0 Å². The van der Waals surface area contributed by atoms with Gasteiger partial charge in [0.1, 0.15) is 0 Å². The first kappa shape index (κ1) is 13.6. The van der Waals surface area contributed by atoms with Gasteiger partial charge in [-0.15, -0.1) is 0 Å². The van der Waals surface area contributed by atoms with Crippen LogP contribution in [0.3, 0.4) is 0 Å². The molecule has 18 heavy (non-hydrogen) atoms. The second-order valence-corrected chi connectivity index (χ2v) is 5.95. The van der Waals surface area contributed by atoms with Crippen LogP contribution in [-0.2, 0) is 6.54 Å². The Kier molecular flexibility index (Phi) is 4.08. The minimum atomic E-state index is 0.345. The topological polar surface area (TPSA) is 15.3 Å². The Balaban J connectivity index is 1.98. The molecule has 0 aromatic heterocycles. The highest BCUT2D eigenvalue weighted by atomic mass is 15.1. The van der Waals surface area contributed by atoms with Gasteiger partial charge in [-0.05, 0) is 57.4 Å². The van der Waals surface area contributed by atoms with Crippen molar-refractivity contribution in [3.8, 4) is 0 Å². The smallest absolute Gasteiger partial charge is 0.0236 e. The van der Waals surface area contributed by atoms with Crippen LogP contribution in [0.25, 0.3) is 0 Å². The molecule has 1 aromatic rings. The van der Waals surface area contributed by atoms with Crippen molar-refractivity contribution in [1.82, 2.24) is 10.2 Å². The monoisotopic (exact) mass is 246 g/mol. The summed E-state index contributed by atoms with van der Waals surface area (Å²) in [6.07, 6.45) is 2.49. The Morgan fingerprint density at radius 3 is 2.50 bits per heavy atom. The molecular formula is C16H26N2. The highest BCUT2D eigenvalue weighted by Gasteiger charge is 2.28. The highest BCUT2D eigenvalue weighted by Crippen LogP contribution is 2.23. The molecular weight excluding hydrogens is 220 g/mol. The maximum atomic E-state index is 3.46. The Morgan fingerprint density at radius 2 is 1.89 bits per heavy atom. The maximum Gasteiger partial charge on any atom is 0.0236 e. The Morgan fingerprint density at radius 1 is 1.22 bits per heavy atom. The zero-order valence-electron chi connectivity index (χ0n) is 12.2. The molecule has 1 saturated heterocycles. The number of likely N-dealkylation sites (tertiary alicyclic amines) is 1. The van der Waals surface area contributed by atoms with E-state index in [9.17, 15) is 0 Å². The third-order valence-electron chi connectivity index (χ3n) is 4.67. The molecule has 0 saturated carbocycles. The minimum Gasteiger partial charge on any atom is -0.314 e. The summed E-state index contributed by atoms with van der Waals surface area (Å²) in [5, 5.41) is 3.46. The van der Waals surface area contributed by atoms with Crippen LogP contribution in [0.2, 0.25) is 0 Å². The first-order valence-electron chi connectivity index (χ1n) is 7.00. The molecule has 2 heteroatoms. The van der Waals surface area contributed by atoms with Crippen molar-refractivity contribution >= 4 is 0 Å². The molecule has 100 valence electrons. The van der Waals surface area contributed by atoms with Crippen LogP contribution in [0.15, 0.2) is 18.2 Å². The van der Waals surface area contributed by atoms with E-state index >= 15 is 0 Å². The number of nitrogens with one attached hydrogen (secondary N) is 1. The molecule has 0 spiro atoms. The molecule has 1 fully saturated rings. The number of hydrogen-bond acceptors (Lipinski definition) is 2. The SMILES string of the molecule is CNC1(C)CCN(Cc2cccc(C)c2C)CC1. The maximum absolute atomic E-state index is 3.46. The molecule has 2 rings (SSSR count). The Hall–Kier alpha value is -0.860. The van der Waals surface area contributed by atoms with Crippen LogP contribution in [0.5, 0.6) is 0 Å². The lowest BCUT2D eigenvalue weighted by Crippen LogP contribution is -2.49. The van der Waals surface area contributed by atoms with Gasteiger partial charge in [-0.25, -0.2) is 0 Å². The molecule has 0 unspecified atom stereocenters. The Bertz CT molecular complexity index is 404. The van der Waals surface area contributed by atoms with Crippen LogP contribution in [-0.4, -0.2) is 30.6 Å². The average molecular weight is 246 g/mol. The van der Waals surface area contributed by atoms with E-state index in [2.05, 4.69) is 56.2 Å². The van der Waals surface area contributed by atoms with Crippen LogP contribution < -0.4 is 5.32 Å². The van der Waals surface area contributed by atoms with E-state index in [0.717, 1.165) is 6.54 Å². The summed E-state index contributed by atoms with van der Waals surface area (Å²) in [5.74, 6) is 0. The number of rotatable bonds is 3. The summed E-state index contributed by atoms with van der Waals surface area (Å²) in [6.45, 7) is 10.3. The summed E-state index contributed by atoms with van der Waals surface area (Å²) in [4.78, 5) is 2.58. The number of aryl methyl sites for hydroxylation is 1. The van der Waals surface area contributed by atoms with E-state index in [0.29, 0.717) is 5.54 Å². The van der Waals surface area contributed by atoms with Gasteiger partial charge in [-0.2, -0.15) is 0 Å². The van der Waals surface area contributed by atoms with Crippen molar-refractivity contribution in [3.63, 3.8) is 0 Å². The lowest BCUT2D eigenvalue weighted by molar-refractivity contribution is 0.146. The van der Waals surface area contributed by atoms with Crippen molar-refractivity contribution < 1.29 is 0 Å². The molecule has 0 aliphatic carbocycles. The quantitative estimate of drug-likeness (QED) is 0.882. The van der Waals surface area contributed by atoms with E-state index < -0.39 is 0 Å². The van der Waals surface area contributed by atoms with Gasteiger partial charge in [0.15, 0.2) is 0 Å². The largest absolute Gasteiger partial charge is 0.314 e. The van der Waals surface area contributed by atoms with Gasteiger partial charge in [0.25, 0.3) is 0 Å². The fourth-order valence-corrected chi connectivity index (χ4v) is 2.68. The molecule has 0 bridgehead atoms. The van der Waals surface area contributed by atoms with Crippen molar-refractivity contribution in [2.75, 3.05) is 20.1 Å².